The summed E-state index contributed by atoms with van der Waals surface area (Å²) in [7, 11) is 6.55. The van der Waals surface area contributed by atoms with E-state index in [1.54, 1.807) is 44.7 Å². The Morgan fingerprint density at radius 3 is 2.29 bits per heavy atom. The number of methoxy groups -OCH3 is 3. The Morgan fingerprint density at radius 2 is 1.71 bits per heavy atom. The van der Waals surface area contributed by atoms with Crippen LogP contribution in [0.5, 0.6) is 23.0 Å². The van der Waals surface area contributed by atoms with Crippen LogP contribution in [0.25, 0.3) is 0 Å². The Bertz CT molecular complexity index is 1150. The average Bonchev–Trinajstić information content (AvgIpc) is 3.29. The number of hydrogen-bond acceptors (Lipinski definition) is 7. The van der Waals surface area contributed by atoms with Gasteiger partial charge in [0.2, 0.25) is 5.91 Å². The maximum atomic E-state index is 12.9. The van der Waals surface area contributed by atoms with Crippen molar-refractivity contribution < 1.29 is 28.5 Å². The van der Waals surface area contributed by atoms with Gasteiger partial charge in [0.25, 0.3) is 0 Å². The first-order valence-corrected chi connectivity index (χ1v) is 11.2. The number of aromatic nitrogens is 2. The Kier molecular flexibility index (Phi) is 8.72. The molecule has 0 saturated heterocycles. The van der Waals surface area contributed by atoms with Gasteiger partial charge in [0.15, 0.2) is 17.3 Å². The highest BCUT2D eigenvalue weighted by Crippen LogP contribution is 2.30. The molecule has 0 fully saturated rings. The van der Waals surface area contributed by atoms with E-state index in [1.807, 2.05) is 29.9 Å². The van der Waals surface area contributed by atoms with E-state index in [1.165, 1.54) is 14.0 Å². The van der Waals surface area contributed by atoms with Crippen LogP contribution in [0, 0.1) is 0 Å². The molecule has 1 unspecified atom stereocenters. The van der Waals surface area contributed by atoms with Crippen LogP contribution in [0.4, 0.5) is 0 Å². The Balaban J connectivity index is 1.66. The first-order chi connectivity index (χ1) is 16.9. The number of ether oxygens (including phenoxy) is 4. The molecule has 1 N–H and O–H groups in total. The van der Waals surface area contributed by atoms with Gasteiger partial charge in [0.05, 0.1) is 27.9 Å². The third-order valence-electron chi connectivity index (χ3n) is 5.50. The normalized spacial score (nSPS) is 11.5. The molecule has 9 nitrogen and oxygen atoms in total. The SMILES string of the molecule is COc1cc(OC)cc(C(NC(=O)CCCOc2ccc(C(C)=O)cc2OC)c2nccn2C)c1. The number of amides is 1. The quantitative estimate of drug-likeness (QED) is 0.311. The second-order valence-corrected chi connectivity index (χ2v) is 7.92. The molecule has 1 aromatic heterocycles. The van der Waals surface area contributed by atoms with Crippen LogP contribution < -0.4 is 24.3 Å². The van der Waals surface area contributed by atoms with Crippen molar-refractivity contribution in [2.24, 2.45) is 7.05 Å². The van der Waals surface area contributed by atoms with E-state index < -0.39 is 6.04 Å². The summed E-state index contributed by atoms with van der Waals surface area (Å²) in [4.78, 5) is 28.9. The lowest BCUT2D eigenvalue weighted by Gasteiger charge is -2.20. The highest BCUT2D eigenvalue weighted by Gasteiger charge is 2.22. The zero-order valence-electron chi connectivity index (χ0n) is 20.7. The van der Waals surface area contributed by atoms with Crippen molar-refractivity contribution in [3.8, 4) is 23.0 Å². The van der Waals surface area contributed by atoms with E-state index in [0.717, 1.165) is 5.56 Å². The number of carbonyl (C=O) groups is 2. The second-order valence-electron chi connectivity index (χ2n) is 7.92. The van der Waals surface area contributed by atoms with Crippen molar-refractivity contribution in [2.45, 2.75) is 25.8 Å². The maximum Gasteiger partial charge on any atom is 0.220 e. The van der Waals surface area contributed by atoms with E-state index in [4.69, 9.17) is 18.9 Å². The van der Waals surface area contributed by atoms with Crippen LogP contribution in [0.1, 0.15) is 47.6 Å². The van der Waals surface area contributed by atoms with E-state index in [2.05, 4.69) is 10.3 Å². The van der Waals surface area contributed by atoms with E-state index in [0.29, 0.717) is 47.4 Å². The molecule has 0 bridgehead atoms. The smallest absolute Gasteiger partial charge is 0.220 e. The van der Waals surface area contributed by atoms with Gasteiger partial charge in [-0.15, -0.1) is 0 Å². The van der Waals surface area contributed by atoms with Gasteiger partial charge in [-0.3, -0.25) is 9.59 Å². The first-order valence-electron chi connectivity index (χ1n) is 11.2. The van der Waals surface area contributed by atoms with Gasteiger partial charge in [-0.1, -0.05) is 0 Å². The van der Waals surface area contributed by atoms with Crippen LogP contribution >= 0.6 is 0 Å². The van der Waals surface area contributed by atoms with Gasteiger partial charge < -0.3 is 28.8 Å². The number of imidazole rings is 1. The van der Waals surface area contributed by atoms with E-state index in [-0.39, 0.29) is 18.1 Å². The first kappa shape index (κ1) is 25.6. The lowest BCUT2D eigenvalue weighted by molar-refractivity contribution is -0.121. The monoisotopic (exact) mass is 481 g/mol. The zero-order chi connectivity index (χ0) is 25.4. The van der Waals surface area contributed by atoms with Crippen molar-refractivity contribution in [1.29, 1.82) is 0 Å². The summed E-state index contributed by atoms with van der Waals surface area (Å²) in [5, 5.41) is 3.07. The molecule has 9 heteroatoms. The molecule has 3 aromatic rings. The average molecular weight is 482 g/mol. The minimum Gasteiger partial charge on any atom is -0.497 e. The second kappa shape index (κ2) is 11.9. The molecule has 2 aromatic carbocycles. The third-order valence-corrected chi connectivity index (χ3v) is 5.50. The number of aryl methyl sites for hydroxylation is 1. The number of nitrogens with one attached hydrogen (secondary N) is 1. The molecule has 1 heterocycles. The molecule has 0 aliphatic carbocycles. The summed E-state index contributed by atoms with van der Waals surface area (Å²) in [5.41, 5.74) is 1.33. The zero-order valence-corrected chi connectivity index (χ0v) is 20.7. The number of ketones is 1. The topological polar surface area (TPSA) is 101 Å². The number of benzene rings is 2. The van der Waals surface area contributed by atoms with Crippen LogP contribution in [-0.4, -0.2) is 49.2 Å². The molecule has 0 saturated carbocycles. The Morgan fingerprint density at radius 1 is 1.00 bits per heavy atom. The number of carbonyl (C=O) groups excluding carboxylic acids is 2. The van der Waals surface area contributed by atoms with Crippen LogP contribution in [-0.2, 0) is 11.8 Å². The molecular weight excluding hydrogens is 450 g/mol. The number of hydrogen-bond donors (Lipinski definition) is 1. The molecule has 0 spiro atoms. The van der Waals surface area contributed by atoms with E-state index >= 15 is 0 Å². The molecule has 186 valence electrons. The maximum absolute atomic E-state index is 12.9. The van der Waals surface area contributed by atoms with Crippen molar-refractivity contribution in [1.82, 2.24) is 14.9 Å². The van der Waals surface area contributed by atoms with Crippen molar-refractivity contribution >= 4 is 11.7 Å². The lowest BCUT2D eigenvalue weighted by Crippen LogP contribution is -2.31. The fraction of sp³-hybridized carbons (Fsp3) is 0.346. The number of Topliss-reactive ketones (excluding diaryl/α,β-unsaturated/α-hetero) is 1. The summed E-state index contributed by atoms with van der Waals surface area (Å²) >= 11 is 0. The van der Waals surface area contributed by atoms with Gasteiger partial charge in [0, 0.05) is 37.5 Å². The summed E-state index contributed by atoms with van der Waals surface area (Å²) in [6.07, 6.45) is 4.24. The number of rotatable bonds is 12. The predicted molar refractivity (Wildman–Crippen MR) is 130 cm³/mol. The molecule has 0 aliphatic rings. The molecule has 1 amide bonds. The summed E-state index contributed by atoms with van der Waals surface area (Å²) in [6.45, 7) is 1.80. The number of nitrogens with zero attached hydrogens (tertiary/aromatic N) is 2. The van der Waals surface area contributed by atoms with Crippen molar-refractivity contribution in [3.63, 3.8) is 0 Å². The lowest BCUT2D eigenvalue weighted by atomic mass is 10.0. The summed E-state index contributed by atoms with van der Waals surface area (Å²) in [6, 6.07) is 10.0. The molecule has 0 aliphatic heterocycles. The fourth-order valence-electron chi connectivity index (χ4n) is 3.60. The summed E-state index contributed by atoms with van der Waals surface area (Å²) in [5.74, 6) is 2.71. The molecule has 35 heavy (non-hydrogen) atoms. The summed E-state index contributed by atoms with van der Waals surface area (Å²) < 4.78 is 23.8. The van der Waals surface area contributed by atoms with E-state index in [9.17, 15) is 9.59 Å². The predicted octanol–water partition coefficient (Wildman–Crippen LogP) is 3.71. The van der Waals surface area contributed by atoms with Crippen LogP contribution in [0.15, 0.2) is 48.8 Å². The minimum atomic E-state index is -0.494. The molecule has 1 atom stereocenters. The Hall–Kier alpha value is -4.01. The van der Waals surface area contributed by atoms with Gasteiger partial charge in [0.1, 0.15) is 23.4 Å². The highest BCUT2D eigenvalue weighted by molar-refractivity contribution is 5.94. The van der Waals surface area contributed by atoms with Gasteiger partial charge in [-0.25, -0.2) is 4.98 Å². The van der Waals surface area contributed by atoms with Gasteiger partial charge in [-0.05, 0) is 49.2 Å². The third kappa shape index (κ3) is 6.53. The molecule has 0 radical (unpaired) electrons. The highest BCUT2D eigenvalue weighted by atomic mass is 16.5. The Labute approximate surface area is 205 Å². The van der Waals surface area contributed by atoms with Crippen LogP contribution in [0.2, 0.25) is 0 Å². The fourth-order valence-corrected chi connectivity index (χ4v) is 3.60. The van der Waals surface area contributed by atoms with Gasteiger partial charge >= 0.3 is 0 Å². The van der Waals surface area contributed by atoms with Crippen molar-refractivity contribution in [3.05, 3.63) is 65.7 Å². The molecular formula is C26H31N3O6. The standard InChI is InChI=1S/C26H31N3O6/c1-17(30)18-8-9-22(23(15-18)34-5)35-12-6-7-24(31)28-25(26-27-10-11-29(26)2)19-13-20(32-3)16-21(14-19)33-4/h8-11,13-16,25H,6-7,12H2,1-5H3,(H,28,31). The van der Waals surface area contributed by atoms with Crippen molar-refractivity contribution in [2.75, 3.05) is 27.9 Å². The van der Waals surface area contributed by atoms with Gasteiger partial charge in [-0.2, -0.15) is 0 Å². The molecule has 3 rings (SSSR count). The van der Waals surface area contributed by atoms with Crippen LogP contribution in [0.3, 0.4) is 0 Å². The minimum absolute atomic E-state index is 0.0533. The largest absolute Gasteiger partial charge is 0.497 e.